The molecule has 0 aromatic heterocycles. The van der Waals surface area contributed by atoms with E-state index in [0.29, 0.717) is 19.4 Å². The van der Waals surface area contributed by atoms with Crippen LogP contribution >= 0.6 is 0 Å². The third-order valence-electron chi connectivity index (χ3n) is 8.56. The van der Waals surface area contributed by atoms with Gasteiger partial charge >= 0.3 is 29.8 Å². The minimum absolute atomic E-state index is 0.0244. The average Bonchev–Trinajstić information content (AvgIpc) is 3.23. The van der Waals surface area contributed by atoms with E-state index in [1.165, 1.54) is 12.1 Å². The van der Waals surface area contributed by atoms with E-state index in [0.717, 1.165) is 12.8 Å². The minimum Gasteiger partial charge on any atom is -0.466 e. The molecule has 5 rings (SSSR count). The molecular weight excluding hydrogens is 708 g/mol. The third kappa shape index (κ3) is 12.1. The molecule has 1 heterocycles. The van der Waals surface area contributed by atoms with Crippen LogP contribution in [0.4, 0.5) is 0 Å². The number of hydrogen-bond donors (Lipinski definition) is 0. The number of ether oxygens (including phenoxy) is 7. The zero-order valence-corrected chi connectivity index (χ0v) is 30.5. The van der Waals surface area contributed by atoms with Gasteiger partial charge in [0.2, 0.25) is 0 Å². The van der Waals surface area contributed by atoms with Gasteiger partial charge in [0.25, 0.3) is 0 Å². The molecule has 0 saturated carbocycles. The first kappa shape index (κ1) is 40.3. The number of benzene rings is 4. The molecule has 55 heavy (non-hydrogen) atoms. The van der Waals surface area contributed by atoms with Crippen molar-refractivity contribution in [3.8, 4) is 0 Å². The van der Waals surface area contributed by atoms with Crippen molar-refractivity contribution < 1.29 is 57.1 Å². The Balaban J connectivity index is 1.47. The molecule has 12 heteroatoms. The smallest absolute Gasteiger partial charge is 0.338 e. The van der Waals surface area contributed by atoms with Crippen LogP contribution in [-0.4, -0.2) is 80.4 Å². The first-order valence-corrected chi connectivity index (χ1v) is 18.3. The van der Waals surface area contributed by atoms with Gasteiger partial charge in [-0.05, 0) is 67.8 Å². The highest BCUT2D eigenvalue weighted by Gasteiger charge is 2.53. The Bertz CT molecular complexity index is 1820. The van der Waals surface area contributed by atoms with Gasteiger partial charge in [0.05, 0.1) is 28.9 Å². The van der Waals surface area contributed by atoms with Crippen molar-refractivity contribution >= 4 is 29.8 Å². The Morgan fingerprint density at radius 1 is 0.509 bits per heavy atom. The van der Waals surface area contributed by atoms with Gasteiger partial charge in [-0.25, -0.2) is 19.2 Å². The predicted octanol–water partition coefficient (Wildman–Crippen LogP) is 6.78. The second kappa shape index (κ2) is 21.1. The largest absolute Gasteiger partial charge is 0.466 e. The summed E-state index contributed by atoms with van der Waals surface area (Å²) in [5, 5.41) is 0. The van der Waals surface area contributed by atoms with Crippen LogP contribution in [0, 0.1) is 0 Å². The fraction of sp³-hybridized carbons (Fsp3) is 0.326. The van der Waals surface area contributed by atoms with Gasteiger partial charge in [-0.2, -0.15) is 0 Å². The summed E-state index contributed by atoms with van der Waals surface area (Å²) in [6.45, 7) is 1.91. The van der Waals surface area contributed by atoms with Crippen LogP contribution in [0.2, 0.25) is 0 Å². The molecule has 0 radical (unpaired) electrons. The van der Waals surface area contributed by atoms with Crippen molar-refractivity contribution in [2.45, 2.75) is 69.7 Å². The maximum absolute atomic E-state index is 13.7. The molecule has 4 aromatic rings. The SMILES string of the molecule is CCCCOC(=O)CCCCO[C@H]1OC(COC(=O)c2ccccc2)[C@@H](OC(=O)c2ccccc2)C(OC(=O)c2ccccc2)[C@H]1OC(=O)c1ccccc1. The van der Waals surface area contributed by atoms with Gasteiger partial charge in [-0.3, -0.25) is 4.79 Å². The maximum atomic E-state index is 13.7. The van der Waals surface area contributed by atoms with Crippen molar-refractivity contribution in [2.75, 3.05) is 19.8 Å². The quantitative estimate of drug-likeness (QED) is 0.0599. The first-order valence-electron chi connectivity index (χ1n) is 18.3. The van der Waals surface area contributed by atoms with E-state index in [2.05, 4.69) is 0 Å². The molecular formula is C43H44O12. The van der Waals surface area contributed by atoms with E-state index in [1.807, 2.05) is 6.92 Å². The summed E-state index contributed by atoms with van der Waals surface area (Å²) >= 11 is 0. The van der Waals surface area contributed by atoms with E-state index < -0.39 is 61.2 Å². The summed E-state index contributed by atoms with van der Waals surface area (Å²) in [4.78, 5) is 66.3. The molecule has 288 valence electrons. The van der Waals surface area contributed by atoms with Crippen LogP contribution in [0.25, 0.3) is 0 Å². The molecule has 2 unspecified atom stereocenters. The summed E-state index contributed by atoms with van der Waals surface area (Å²) in [7, 11) is 0. The molecule has 1 aliphatic rings. The number of rotatable bonds is 18. The molecule has 1 saturated heterocycles. The molecule has 0 aliphatic carbocycles. The second-order valence-electron chi connectivity index (χ2n) is 12.6. The lowest BCUT2D eigenvalue weighted by Crippen LogP contribution is -2.63. The highest BCUT2D eigenvalue weighted by Crippen LogP contribution is 2.32. The van der Waals surface area contributed by atoms with Crippen LogP contribution in [0.15, 0.2) is 121 Å². The van der Waals surface area contributed by atoms with Crippen molar-refractivity contribution in [1.29, 1.82) is 0 Å². The number of esters is 5. The first-order chi connectivity index (χ1) is 26.8. The summed E-state index contributed by atoms with van der Waals surface area (Å²) in [5.41, 5.74) is 0.803. The lowest BCUT2D eigenvalue weighted by molar-refractivity contribution is -0.298. The standard InChI is InChI=1S/C43H44O12/c1-2-3-27-49-35(44)26-16-17-28-50-43-38(55-42(48)33-24-14-7-15-25-33)37(54-41(47)32-22-12-6-13-23-32)36(53-40(46)31-20-10-5-11-21-31)34(52-43)29-51-39(45)30-18-8-4-9-19-30/h4-15,18-25,34,36-38,43H,2-3,16-17,26-29H2,1H3/t34?,36-,37?,38-,43+/m1/s1. The Morgan fingerprint density at radius 2 is 0.964 bits per heavy atom. The van der Waals surface area contributed by atoms with E-state index in [4.69, 9.17) is 33.2 Å². The topological polar surface area (TPSA) is 150 Å². The Morgan fingerprint density at radius 3 is 1.45 bits per heavy atom. The number of carbonyl (C=O) groups excluding carboxylic acids is 5. The second-order valence-corrected chi connectivity index (χ2v) is 12.6. The molecule has 0 amide bonds. The van der Waals surface area contributed by atoms with Gasteiger partial charge in [-0.15, -0.1) is 0 Å². The highest BCUT2D eigenvalue weighted by atomic mass is 16.7. The zero-order chi connectivity index (χ0) is 38.8. The van der Waals surface area contributed by atoms with Crippen molar-refractivity contribution in [2.24, 2.45) is 0 Å². The van der Waals surface area contributed by atoms with E-state index in [1.54, 1.807) is 109 Å². The lowest BCUT2D eigenvalue weighted by Gasteiger charge is -2.44. The summed E-state index contributed by atoms with van der Waals surface area (Å²) in [6, 6.07) is 32.6. The Kier molecular flexibility index (Phi) is 15.5. The van der Waals surface area contributed by atoms with Crippen LogP contribution in [0.3, 0.4) is 0 Å². The van der Waals surface area contributed by atoms with Crippen molar-refractivity contribution in [3.63, 3.8) is 0 Å². The molecule has 0 N–H and O–H groups in total. The highest BCUT2D eigenvalue weighted by molar-refractivity contribution is 5.91. The lowest BCUT2D eigenvalue weighted by atomic mass is 9.97. The molecule has 0 bridgehead atoms. The molecule has 4 aromatic carbocycles. The van der Waals surface area contributed by atoms with Crippen LogP contribution in [0.1, 0.15) is 80.5 Å². The molecule has 5 atom stereocenters. The fourth-order valence-corrected chi connectivity index (χ4v) is 5.63. The van der Waals surface area contributed by atoms with Crippen LogP contribution in [0.5, 0.6) is 0 Å². The van der Waals surface area contributed by atoms with Gasteiger partial charge in [0.15, 0.2) is 24.6 Å². The Labute approximate surface area is 319 Å². The van der Waals surface area contributed by atoms with Crippen LogP contribution in [-0.2, 0) is 38.0 Å². The van der Waals surface area contributed by atoms with Crippen LogP contribution < -0.4 is 0 Å². The van der Waals surface area contributed by atoms with Gasteiger partial charge in [0.1, 0.15) is 12.7 Å². The normalized spacial score (nSPS) is 19.0. The zero-order valence-electron chi connectivity index (χ0n) is 30.5. The summed E-state index contributed by atoms with van der Waals surface area (Å²) < 4.78 is 41.5. The summed E-state index contributed by atoms with van der Waals surface area (Å²) in [6.07, 6.45) is -4.54. The minimum atomic E-state index is -1.53. The van der Waals surface area contributed by atoms with Crippen molar-refractivity contribution in [1.82, 2.24) is 0 Å². The van der Waals surface area contributed by atoms with Gasteiger partial charge < -0.3 is 33.2 Å². The molecule has 1 fully saturated rings. The average molecular weight is 753 g/mol. The van der Waals surface area contributed by atoms with E-state index in [9.17, 15) is 24.0 Å². The van der Waals surface area contributed by atoms with Gasteiger partial charge in [0, 0.05) is 13.0 Å². The monoisotopic (exact) mass is 752 g/mol. The van der Waals surface area contributed by atoms with Gasteiger partial charge in [-0.1, -0.05) is 86.1 Å². The molecule has 1 aliphatic heterocycles. The maximum Gasteiger partial charge on any atom is 0.338 e. The fourth-order valence-electron chi connectivity index (χ4n) is 5.63. The predicted molar refractivity (Wildman–Crippen MR) is 198 cm³/mol. The molecule has 12 nitrogen and oxygen atoms in total. The van der Waals surface area contributed by atoms with E-state index in [-0.39, 0.29) is 41.3 Å². The number of carbonyl (C=O) groups is 5. The Hall–Kier alpha value is -5.85. The summed E-state index contributed by atoms with van der Waals surface area (Å²) in [5.74, 6) is -3.41. The third-order valence-corrected chi connectivity index (χ3v) is 8.56. The van der Waals surface area contributed by atoms with Crippen molar-refractivity contribution in [3.05, 3.63) is 144 Å². The number of unbranched alkanes of at least 4 members (excludes halogenated alkanes) is 2. The van der Waals surface area contributed by atoms with E-state index >= 15 is 0 Å². The molecule has 0 spiro atoms. The number of hydrogen-bond acceptors (Lipinski definition) is 12.